The standard InChI is InChI=1S/C21H13BrClFN4O4S3/c1-27-18(29)21(26-19(27)33,12-4-7-15(24)14(22)10-12)11-2-5-13(6-3-11)32-35(30,31)17-16(23)25-20-28(17)8-9-34-20/h2-10H,1H3,(H,26,33). The van der Waals surface area contributed by atoms with E-state index < -0.39 is 21.5 Å². The monoisotopic (exact) mass is 614 g/mol. The molecule has 5 rings (SSSR count). The first-order valence-electron chi connectivity index (χ1n) is 9.76. The minimum absolute atomic E-state index is 0.00758. The number of hydrogen-bond acceptors (Lipinski definition) is 7. The summed E-state index contributed by atoms with van der Waals surface area (Å²) in [5.41, 5.74) is -0.563. The highest BCUT2D eigenvalue weighted by molar-refractivity contribution is 9.10. The molecular formula is C21H13BrClFN4O4S3. The van der Waals surface area contributed by atoms with E-state index in [2.05, 4.69) is 26.2 Å². The highest BCUT2D eigenvalue weighted by atomic mass is 79.9. The third-order valence-electron chi connectivity index (χ3n) is 5.49. The first-order valence-corrected chi connectivity index (χ1v) is 13.6. The van der Waals surface area contributed by atoms with Gasteiger partial charge in [-0.3, -0.25) is 14.1 Å². The van der Waals surface area contributed by atoms with Crippen molar-refractivity contribution >= 4 is 77.2 Å². The third-order valence-corrected chi connectivity index (χ3v) is 8.88. The number of hydrogen-bond donors (Lipinski definition) is 1. The second-order valence-corrected chi connectivity index (χ2v) is 11.4. The number of imidazole rings is 1. The van der Waals surface area contributed by atoms with Crippen LogP contribution in [0.4, 0.5) is 4.39 Å². The van der Waals surface area contributed by atoms with Crippen molar-refractivity contribution < 1.29 is 21.8 Å². The van der Waals surface area contributed by atoms with Crippen LogP contribution >= 0.6 is 51.1 Å². The average Bonchev–Trinajstić information content (AvgIpc) is 3.44. The number of benzene rings is 2. The Morgan fingerprint density at radius 1 is 1.23 bits per heavy atom. The number of likely N-dealkylation sites (N-methyl/N-ethyl adjacent to an activating group) is 1. The van der Waals surface area contributed by atoms with Crippen molar-refractivity contribution in [3.05, 3.63) is 80.6 Å². The fraction of sp³-hybridized carbons (Fsp3) is 0.0952. The van der Waals surface area contributed by atoms with Gasteiger partial charge in [0.25, 0.3) is 5.91 Å². The molecule has 180 valence electrons. The number of aromatic nitrogens is 2. The number of halogens is 3. The second-order valence-electron chi connectivity index (χ2n) is 7.50. The summed E-state index contributed by atoms with van der Waals surface area (Å²) in [6.07, 6.45) is 1.53. The van der Waals surface area contributed by atoms with Gasteiger partial charge in [0.05, 0.1) is 4.47 Å². The van der Waals surface area contributed by atoms with E-state index in [0.29, 0.717) is 16.1 Å². The summed E-state index contributed by atoms with van der Waals surface area (Å²) in [5, 5.41) is 4.41. The van der Waals surface area contributed by atoms with Crippen molar-refractivity contribution in [1.82, 2.24) is 19.6 Å². The zero-order valence-corrected chi connectivity index (χ0v) is 22.3. The van der Waals surface area contributed by atoms with Crippen LogP contribution in [0.3, 0.4) is 0 Å². The van der Waals surface area contributed by atoms with Gasteiger partial charge in [-0.25, -0.2) is 9.37 Å². The number of carbonyl (C=O) groups is 1. The van der Waals surface area contributed by atoms with Crippen molar-refractivity contribution in [1.29, 1.82) is 0 Å². The van der Waals surface area contributed by atoms with Crippen LogP contribution in [-0.4, -0.2) is 40.8 Å². The molecule has 3 heterocycles. The van der Waals surface area contributed by atoms with Crippen LogP contribution in [0.15, 0.2) is 63.5 Å². The van der Waals surface area contributed by atoms with Gasteiger partial charge >= 0.3 is 10.1 Å². The predicted octanol–water partition coefficient (Wildman–Crippen LogP) is 4.31. The van der Waals surface area contributed by atoms with E-state index in [1.54, 1.807) is 5.38 Å². The summed E-state index contributed by atoms with van der Waals surface area (Å²) < 4.78 is 46.6. The minimum atomic E-state index is -4.32. The first-order chi connectivity index (χ1) is 16.5. The molecule has 1 amide bonds. The molecule has 1 N–H and O–H groups in total. The van der Waals surface area contributed by atoms with Crippen LogP contribution in [0.5, 0.6) is 5.75 Å². The van der Waals surface area contributed by atoms with Gasteiger partial charge in [-0.2, -0.15) is 8.42 Å². The summed E-state index contributed by atoms with van der Waals surface area (Å²) in [7, 11) is -2.79. The van der Waals surface area contributed by atoms with Gasteiger partial charge in [0.15, 0.2) is 20.8 Å². The Labute approximate surface area is 221 Å². The van der Waals surface area contributed by atoms with Crippen molar-refractivity contribution in [3.63, 3.8) is 0 Å². The summed E-state index contributed by atoms with van der Waals surface area (Å²) >= 11 is 15.7. The highest BCUT2D eigenvalue weighted by Crippen LogP contribution is 2.38. The molecule has 8 nitrogen and oxygen atoms in total. The maximum absolute atomic E-state index is 13.9. The zero-order chi connectivity index (χ0) is 25.1. The second kappa shape index (κ2) is 8.52. The van der Waals surface area contributed by atoms with Crippen molar-refractivity contribution in [2.24, 2.45) is 0 Å². The van der Waals surface area contributed by atoms with Crippen LogP contribution in [0.25, 0.3) is 4.96 Å². The number of thiocarbonyl (C=S) groups is 1. The van der Waals surface area contributed by atoms with Gasteiger partial charge in [0, 0.05) is 18.6 Å². The van der Waals surface area contributed by atoms with Crippen molar-refractivity contribution in [2.75, 3.05) is 7.05 Å². The van der Waals surface area contributed by atoms with E-state index in [1.165, 1.54) is 76.3 Å². The lowest BCUT2D eigenvalue weighted by Crippen LogP contribution is -2.45. The van der Waals surface area contributed by atoms with Crippen LogP contribution in [-0.2, 0) is 20.5 Å². The number of fused-ring (bicyclic) bond motifs is 1. The Kier molecular flexibility index (Phi) is 5.87. The van der Waals surface area contributed by atoms with E-state index in [0.717, 1.165) is 0 Å². The molecule has 0 saturated carbocycles. The SMILES string of the molecule is CN1C(=O)C(c2ccc(OS(=O)(=O)c3c(Cl)nc4sccn34)cc2)(c2ccc(F)c(Br)c2)NC1=S. The van der Waals surface area contributed by atoms with Gasteiger partial charge in [0.1, 0.15) is 11.6 Å². The van der Waals surface area contributed by atoms with Crippen LogP contribution in [0.2, 0.25) is 5.15 Å². The van der Waals surface area contributed by atoms with Gasteiger partial charge in [-0.1, -0.05) is 29.8 Å². The lowest BCUT2D eigenvalue weighted by atomic mass is 9.82. The smallest absolute Gasteiger partial charge is 0.358 e. The molecule has 0 bridgehead atoms. The molecule has 1 aliphatic rings. The van der Waals surface area contributed by atoms with Crippen molar-refractivity contribution in [2.45, 2.75) is 10.6 Å². The molecule has 4 aromatic rings. The Balaban J connectivity index is 1.54. The summed E-state index contributed by atoms with van der Waals surface area (Å²) in [5.74, 6) is -0.877. The molecule has 1 saturated heterocycles. The first kappa shape index (κ1) is 24.1. The molecular weight excluding hydrogens is 603 g/mol. The Morgan fingerprint density at radius 2 is 1.91 bits per heavy atom. The zero-order valence-electron chi connectivity index (χ0n) is 17.5. The van der Waals surface area contributed by atoms with E-state index in [9.17, 15) is 17.6 Å². The van der Waals surface area contributed by atoms with E-state index in [-0.39, 0.29) is 31.4 Å². The molecule has 0 aliphatic carbocycles. The Hall–Kier alpha value is -2.58. The number of amides is 1. The molecule has 0 radical (unpaired) electrons. The lowest BCUT2D eigenvalue weighted by molar-refractivity contribution is -0.129. The fourth-order valence-electron chi connectivity index (χ4n) is 3.82. The molecule has 1 atom stereocenters. The molecule has 1 unspecified atom stereocenters. The van der Waals surface area contributed by atoms with E-state index >= 15 is 0 Å². The third kappa shape index (κ3) is 3.82. The number of thiazole rings is 1. The van der Waals surface area contributed by atoms with Gasteiger partial charge in [0.2, 0.25) is 5.03 Å². The van der Waals surface area contributed by atoms with Crippen LogP contribution in [0.1, 0.15) is 11.1 Å². The van der Waals surface area contributed by atoms with Crippen LogP contribution < -0.4 is 9.50 Å². The average molecular weight is 616 g/mol. The molecule has 35 heavy (non-hydrogen) atoms. The highest BCUT2D eigenvalue weighted by Gasteiger charge is 2.51. The maximum atomic E-state index is 13.9. The quantitative estimate of drug-likeness (QED) is 0.264. The van der Waals surface area contributed by atoms with E-state index in [1.807, 2.05) is 0 Å². The number of nitrogens with one attached hydrogen (secondary N) is 1. The maximum Gasteiger partial charge on any atom is 0.358 e. The molecule has 0 spiro atoms. The number of nitrogens with zero attached hydrogens (tertiary/aromatic N) is 3. The molecule has 14 heteroatoms. The summed E-state index contributed by atoms with van der Waals surface area (Å²) in [6, 6.07) is 10.1. The molecule has 2 aromatic heterocycles. The predicted molar refractivity (Wildman–Crippen MR) is 136 cm³/mol. The number of rotatable bonds is 5. The van der Waals surface area contributed by atoms with Gasteiger partial charge in [-0.05, 0) is 63.5 Å². The Morgan fingerprint density at radius 3 is 2.54 bits per heavy atom. The normalized spacial score (nSPS) is 18.3. The number of carbonyl (C=O) groups excluding carboxylic acids is 1. The Bertz CT molecular complexity index is 1620. The molecule has 1 aliphatic heterocycles. The minimum Gasteiger partial charge on any atom is -0.378 e. The molecule has 2 aromatic carbocycles. The van der Waals surface area contributed by atoms with Gasteiger partial charge < -0.3 is 9.50 Å². The van der Waals surface area contributed by atoms with Crippen LogP contribution in [0, 0.1) is 5.82 Å². The fourth-order valence-corrected chi connectivity index (χ4v) is 6.79. The molecule has 1 fully saturated rings. The topological polar surface area (TPSA) is 93.0 Å². The lowest BCUT2D eigenvalue weighted by Gasteiger charge is -2.28. The summed E-state index contributed by atoms with van der Waals surface area (Å²) in [6.45, 7) is 0. The largest absolute Gasteiger partial charge is 0.378 e. The van der Waals surface area contributed by atoms with Crippen molar-refractivity contribution in [3.8, 4) is 5.75 Å². The van der Waals surface area contributed by atoms with E-state index in [4.69, 9.17) is 28.0 Å². The van der Waals surface area contributed by atoms with Gasteiger partial charge in [-0.15, -0.1) is 11.3 Å². The summed E-state index contributed by atoms with van der Waals surface area (Å²) in [4.78, 5) is 19.1.